The Hall–Kier alpha value is -4.31. The maximum Gasteiger partial charge on any atom is 0.159 e. The number of nitrogens with zero attached hydrogens (tertiary/aromatic N) is 6. The summed E-state index contributed by atoms with van der Waals surface area (Å²) in [5.74, 6) is 1.48. The van der Waals surface area contributed by atoms with Crippen molar-refractivity contribution in [1.82, 2.24) is 29.9 Å². The minimum atomic E-state index is -0.315. The Morgan fingerprint density at radius 2 is 2.00 bits per heavy atom. The van der Waals surface area contributed by atoms with Gasteiger partial charge < -0.3 is 20.3 Å². The van der Waals surface area contributed by atoms with Crippen molar-refractivity contribution in [2.75, 3.05) is 29.9 Å². The molecule has 2 N–H and O–H groups in total. The van der Waals surface area contributed by atoms with E-state index >= 15 is 4.39 Å². The molecule has 1 aliphatic rings. The standard InChI is InChI=1S/C26H25FN8O/c1-16-11-18(3-6-22(16)36-19-7-9-35-23(12-19)30-15-32-35)33-26-24-20(29-14-31-26)4-5-21(25(24)27)34-10-8-28-17(2)13-34/h3-7,9,11-12,14-15,17,28H,8,10,13H2,1-2H3,(H,29,31,33). The van der Waals surface area contributed by atoms with E-state index in [9.17, 15) is 0 Å². The first kappa shape index (κ1) is 22.2. The predicted molar refractivity (Wildman–Crippen MR) is 137 cm³/mol. The molecule has 1 saturated heterocycles. The molecule has 0 radical (unpaired) electrons. The highest BCUT2D eigenvalue weighted by molar-refractivity contribution is 5.94. The number of fused-ring (bicyclic) bond motifs is 2. The number of aromatic nitrogens is 5. The molecular weight excluding hydrogens is 459 g/mol. The summed E-state index contributed by atoms with van der Waals surface area (Å²) in [5.41, 5.74) is 3.51. The first-order chi connectivity index (χ1) is 17.5. The van der Waals surface area contributed by atoms with E-state index in [1.165, 1.54) is 12.7 Å². The quantitative estimate of drug-likeness (QED) is 0.378. The normalized spacial score (nSPS) is 16.0. The third-order valence-corrected chi connectivity index (χ3v) is 6.35. The van der Waals surface area contributed by atoms with E-state index in [0.29, 0.717) is 45.6 Å². The number of aryl methyl sites for hydroxylation is 1. The second-order valence-corrected chi connectivity index (χ2v) is 8.95. The SMILES string of the molecule is Cc1cc(Nc2ncnc3ccc(N4CCNC(C)C4)c(F)c23)ccc1Oc1ccn2ncnc2c1. The summed E-state index contributed by atoms with van der Waals surface area (Å²) >= 11 is 0. The molecule has 6 rings (SSSR count). The zero-order valence-electron chi connectivity index (χ0n) is 19.9. The van der Waals surface area contributed by atoms with Crippen molar-refractivity contribution in [2.45, 2.75) is 19.9 Å². The lowest BCUT2D eigenvalue weighted by atomic mass is 10.1. The lowest BCUT2D eigenvalue weighted by Crippen LogP contribution is -2.49. The van der Waals surface area contributed by atoms with Gasteiger partial charge in [-0.05, 0) is 55.8 Å². The highest BCUT2D eigenvalue weighted by Crippen LogP contribution is 2.34. The molecule has 1 fully saturated rings. The minimum Gasteiger partial charge on any atom is -0.457 e. The van der Waals surface area contributed by atoms with Gasteiger partial charge in [0.15, 0.2) is 11.5 Å². The molecule has 0 saturated carbocycles. The van der Waals surface area contributed by atoms with Crippen LogP contribution in [0.25, 0.3) is 16.6 Å². The van der Waals surface area contributed by atoms with Crippen LogP contribution in [0.15, 0.2) is 61.3 Å². The van der Waals surface area contributed by atoms with Gasteiger partial charge in [0.05, 0.1) is 16.6 Å². The minimum absolute atomic E-state index is 0.292. The van der Waals surface area contributed by atoms with Crippen LogP contribution >= 0.6 is 0 Å². The van der Waals surface area contributed by atoms with Crippen LogP contribution in [-0.4, -0.2) is 50.2 Å². The fraction of sp³-hybridized carbons (Fsp3) is 0.231. The van der Waals surface area contributed by atoms with E-state index in [1.807, 2.05) is 43.3 Å². The lowest BCUT2D eigenvalue weighted by molar-refractivity contribution is 0.478. The second-order valence-electron chi connectivity index (χ2n) is 8.95. The Labute approximate surface area is 207 Å². The van der Waals surface area contributed by atoms with Crippen molar-refractivity contribution in [3.8, 4) is 11.5 Å². The molecule has 1 aliphatic heterocycles. The van der Waals surface area contributed by atoms with E-state index < -0.39 is 0 Å². The highest BCUT2D eigenvalue weighted by Gasteiger charge is 2.22. The summed E-state index contributed by atoms with van der Waals surface area (Å²) in [6, 6.07) is 13.3. The molecule has 0 amide bonds. The van der Waals surface area contributed by atoms with E-state index in [2.05, 4.69) is 42.5 Å². The highest BCUT2D eigenvalue weighted by atomic mass is 19.1. The molecule has 0 aliphatic carbocycles. The molecule has 4 heterocycles. The summed E-state index contributed by atoms with van der Waals surface area (Å²) in [6.45, 7) is 6.36. The number of piperazine rings is 1. The van der Waals surface area contributed by atoms with E-state index in [4.69, 9.17) is 4.74 Å². The predicted octanol–water partition coefficient (Wildman–Crippen LogP) is 4.45. The molecule has 1 atom stereocenters. The van der Waals surface area contributed by atoms with Gasteiger partial charge in [-0.2, -0.15) is 5.10 Å². The smallest absolute Gasteiger partial charge is 0.159 e. The van der Waals surface area contributed by atoms with Crippen LogP contribution in [0.4, 0.5) is 21.6 Å². The van der Waals surface area contributed by atoms with Crippen molar-refractivity contribution in [1.29, 1.82) is 0 Å². The molecule has 2 aromatic carbocycles. The monoisotopic (exact) mass is 484 g/mol. The van der Waals surface area contributed by atoms with Crippen LogP contribution in [0.1, 0.15) is 12.5 Å². The Morgan fingerprint density at radius 3 is 2.86 bits per heavy atom. The molecule has 0 spiro atoms. The molecule has 3 aromatic heterocycles. The number of ether oxygens (including phenoxy) is 1. The zero-order valence-corrected chi connectivity index (χ0v) is 19.9. The van der Waals surface area contributed by atoms with Crippen LogP contribution in [0.3, 0.4) is 0 Å². The molecule has 182 valence electrons. The Balaban J connectivity index is 1.28. The Kier molecular flexibility index (Phi) is 5.57. The summed E-state index contributed by atoms with van der Waals surface area (Å²) < 4.78 is 23.5. The number of hydrogen-bond acceptors (Lipinski definition) is 8. The maximum atomic E-state index is 15.8. The van der Waals surface area contributed by atoms with E-state index in [-0.39, 0.29) is 5.82 Å². The molecular formula is C26H25FN8O. The Bertz CT molecular complexity index is 1570. The van der Waals surface area contributed by atoms with Gasteiger partial charge in [0.1, 0.15) is 30.0 Å². The van der Waals surface area contributed by atoms with Gasteiger partial charge in [-0.15, -0.1) is 0 Å². The largest absolute Gasteiger partial charge is 0.457 e. The number of nitrogens with one attached hydrogen (secondary N) is 2. The number of benzene rings is 2. The van der Waals surface area contributed by atoms with Gasteiger partial charge in [0, 0.05) is 43.6 Å². The second kappa shape index (κ2) is 9.04. The molecule has 36 heavy (non-hydrogen) atoms. The third kappa shape index (κ3) is 4.16. The van der Waals surface area contributed by atoms with E-state index in [1.54, 1.807) is 16.8 Å². The fourth-order valence-electron chi connectivity index (χ4n) is 4.56. The van der Waals surface area contributed by atoms with Crippen molar-refractivity contribution >= 4 is 33.7 Å². The van der Waals surface area contributed by atoms with Gasteiger partial charge >= 0.3 is 0 Å². The van der Waals surface area contributed by atoms with Crippen molar-refractivity contribution < 1.29 is 9.13 Å². The number of rotatable bonds is 5. The van der Waals surface area contributed by atoms with Gasteiger partial charge in [0.2, 0.25) is 0 Å². The average Bonchev–Trinajstić information content (AvgIpc) is 3.34. The lowest BCUT2D eigenvalue weighted by Gasteiger charge is -2.34. The van der Waals surface area contributed by atoms with E-state index in [0.717, 1.165) is 30.9 Å². The zero-order chi connectivity index (χ0) is 24.6. The van der Waals surface area contributed by atoms with Crippen LogP contribution in [0, 0.1) is 12.7 Å². The number of hydrogen-bond donors (Lipinski definition) is 2. The summed E-state index contributed by atoms with van der Waals surface area (Å²) in [7, 11) is 0. The fourth-order valence-corrected chi connectivity index (χ4v) is 4.56. The van der Waals surface area contributed by atoms with Gasteiger partial charge in [-0.25, -0.2) is 23.9 Å². The van der Waals surface area contributed by atoms with Crippen LogP contribution < -0.4 is 20.3 Å². The number of anilines is 3. The summed E-state index contributed by atoms with van der Waals surface area (Å²) in [6.07, 6.45) is 4.74. The Morgan fingerprint density at radius 1 is 1.08 bits per heavy atom. The molecule has 9 nitrogen and oxygen atoms in total. The van der Waals surface area contributed by atoms with Crippen molar-refractivity contribution in [3.63, 3.8) is 0 Å². The van der Waals surface area contributed by atoms with Crippen LogP contribution in [-0.2, 0) is 0 Å². The van der Waals surface area contributed by atoms with Gasteiger partial charge in [0.25, 0.3) is 0 Å². The average molecular weight is 485 g/mol. The van der Waals surface area contributed by atoms with Gasteiger partial charge in [-0.3, -0.25) is 0 Å². The molecule has 5 aromatic rings. The van der Waals surface area contributed by atoms with Crippen molar-refractivity contribution in [3.05, 3.63) is 72.7 Å². The molecule has 1 unspecified atom stereocenters. The summed E-state index contributed by atoms with van der Waals surface area (Å²) in [5, 5.41) is 11.1. The molecule has 10 heteroatoms. The summed E-state index contributed by atoms with van der Waals surface area (Å²) in [4.78, 5) is 14.9. The van der Waals surface area contributed by atoms with Crippen LogP contribution in [0.5, 0.6) is 11.5 Å². The third-order valence-electron chi connectivity index (χ3n) is 6.35. The number of halogens is 1. The van der Waals surface area contributed by atoms with Crippen molar-refractivity contribution in [2.24, 2.45) is 0 Å². The maximum absolute atomic E-state index is 15.8. The molecule has 0 bridgehead atoms. The topological polar surface area (TPSA) is 92.5 Å². The van der Waals surface area contributed by atoms with Gasteiger partial charge in [-0.1, -0.05) is 0 Å². The number of pyridine rings is 1. The van der Waals surface area contributed by atoms with Crippen LogP contribution in [0.2, 0.25) is 0 Å². The first-order valence-electron chi connectivity index (χ1n) is 11.8. The first-order valence-corrected chi connectivity index (χ1v) is 11.8.